The molecule has 1 aromatic heterocycles. The van der Waals surface area contributed by atoms with E-state index < -0.39 is 42.4 Å². The molecule has 3 atom stereocenters. The number of rotatable bonds is 6. The van der Waals surface area contributed by atoms with Crippen LogP contribution in [0, 0.1) is 5.92 Å². The lowest BCUT2D eigenvalue weighted by Gasteiger charge is -2.47. The molecule has 1 aliphatic carbocycles. The maximum Gasteiger partial charge on any atom is 0.399 e. The summed E-state index contributed by atoms with van der Waals surface area (Å²) in [4.78, 5) is 68.4. The zero-order valence-electron chi connectivity index (χ0n) is 23.8. The maximum absolute atomic E-state index is 14.3. The van der Waals surface area contributed by atoms with E-state index in [9.17, 15) is 27.7 Å². The Balaban J connectivity index is 1.04. The second-order valence-electron chi connectivity index (χ2n) is 12.8. The van der Waals surface area contributed by atoms with E-state index in [0.717, 1.165) is 67.7 Å². The number of benzene rings is 1. The minimum Gasteiger partial charge on any atom is -0.385 e. The predicted octanol–water partition coefficient (Wildman–Crippen LogP) is 3.93. The van der Waals surface area contributed by atoms with E-state index in [1.54, 1.807) is 9.80 Å². The molecule has 236 valence electrons. The second-order valence-corrected chi connectivity index (χ2v) is 15.5. The molecule has 11 nitrogen and oxygen atoms in total. The molecule has 3 saturated heterocycles. The largest absolute Gasteiger partial charge is 0.399 e. The molecule has 1 unspecified atom stereocenters. The molecule has 4 aliphatic heterocycles. The monoisotopic (exact) mass is 650 g/mol. The summed E-state index contributed by atoms with van der Waals surface area (Å²) in [7, 11) is -5.75. The number of hydrogen-bond donors (Lipinski definition) is 3. The van der Waals surface area contributed by atoms with Crippen molar-refractivity contribution in [3.8, 4) is 0 Å². The lowest BCUT2D eigenvalue weighted by atomic mass is 9.87. The van der Waals surface area contributed by atoms with Gasteiger partial charge in [0.1, 0.15) is 12.1 Å². The summed E-state index contributed by atoms with van der Waals surface area (Å²) in [5, 5.41) is 7.33. The predicted molar refractivity (Wildman–Crippen MR) is 156 cm³/mol. The number of carbonyl (C=O) groups is 3. The molecular formula is C29H33F2N4O7PS. The number of hydrogen-bond acceptors (Lipinski definition) is 7. The molecule has 3 N–H and O–H groups in total. The van der Waals surface area contributed by atoms with Crippen LogP contribution in [-0.4, -0.2) is 79.8 Å². The molecular weight excluding hydrogens is 617 g/mol. The molecule has 0 bridgehead atoms. The summed E-state index contributed by atoms with van der Waals surface area (Å²) in [6.45, 7) is 0.894. The number of fused-ring (bicyclic) bond motifs is 2. The van der Waals surface area contributed by atoms with E-state index in [0.29, 0.717) is 43.0 Å². The molecule has 44 heavy (non-hydrogen) atoms. The maximum atomic E-state index is 14.3. The Hall–Kier alpha value is -2.93. The van der Waals surface area contributed by atoms with Crippen LogP contribution in [0.2, 0.25) is 0 Å². The van der Waals surface area contributed by atoms with E-state index in [1.807, 2.05) is 0 Å². The molecule has 5 aliphatic rings. The van der Waals surface area contributed by atoms with Crippen LogP contribution in [0.15, 0.2) is 29.4 Å². The number of alkyl halides is 2. The minimum atomic E-state index is -5.75. The topological polar surface area (TPSA) is 149 Å². The molecule has 0 radical (unpaired) electrons. The van der Waals surface area contributed by atoms with Crippen molar-refractivity contribution in [1.82, 2.24) is 15.1 Å². The highest BCUT2D eigenvalue weighted by atomic mass is 32.1. The Bertz CT molecular complexity index is 1620. The van der Waals surface area contributed by atoms with Gasteiger partial charge in [0.2, 0.25) is 11.8 Å². The third kappa shape index (κ3) is 5.13. The molecule has 4 fully saturated rings. The van der Waals surface area contributed by atoms with Crippen molar-refractivity contribution in [3.63, 3.8) is 0 Å². The number of oxime groups is 1. The molecule has 1 aromatic carbocycles. The van der Waals surface area contributed by atoms with Crippen molar-refractivity contribution < 1.29 is 42.4 Å². The van der Waals surface area contributed by atoms with Crippen molar-refractivity contribution in [2.75, 3.05) is 13.1 Å². The summed E-state index contributed by atoms with van der Waals surface area (Å²) in [5.41, 5.74) is -4.57. The van der Waals surface area contributed by atoms with Gasteiger partial charge in [-0.05, 0) is 62.1 Å². The van der Waals surface area contributed by atoms with Gasteiger partial charge in [-0.2, -0.15) is 8.78 Å². The van der Waals surface area contributed by atoms with Crippen molar-refractivity contribution in [2.45, 2.75) is 87.2 Å². The van der Waals surface area contributed by atoms with E-state index in [4.69, 9.17) is 14.6 Å². The molecule has 15 heteroatoms. The van der Waals surface area contributed by atoms with Crippen LogP contribution >= 0.6 is 18.9 Å². The summed E-state index contributed by atoms with van der Waals surface area (Å²) in [5.74, 6) is -0.437. The average molecular weight is 651 g/mol. The van der Waals surface area contributed by atoms with Crippen LogP contribution in [0.3, 0.4) is 0 Å². The minimum absolute atomic E-state index is 0.0858. The SMILES string of the molecule is O=C(N[C@H]1CCCCC2CC[C@@H](C(=O)N3CC4(CC(C5CC5)=NO4)C3)N2C1=O)c1cc2cc(C(F)(F)P(=O)(O)O)ccc2s1. The van der Waals surface area contributed by atoms with Crippen molar-refractivity contribution in [2.24, 2.45) is 11.1 Å². The van der Waals surface area contributed by atoms with Crippen LogP contribution in [0.1, 0.15) is 73.0 Å². The number of amides is 3. The van der Waals surface area contributed by atoms with E-state index in [-0.39, 0.29) is 28.1 Å². The van der Waals surface area contributed by atoms with Gasteiger partial charge in [0, 0.05) is 28.6 Å². The molecule has 5 heterocycles. The highest BCUT2D eigenvalue weighted by molar-refractivity contribution is 7.52. The van der Waals surface area contributed by atoms with E-state index >= 15 is 0 Å². The molecule has 3 amide bonds. The first kappa shape index (κ1) is 29.8. The van der Waals surface area contributed by atoms with Gasteiger partial charge in [-0.15, -0.1) is 11.3 Å². The first-order chi connectivity index (χ1) is 20.8. The fourth-order valence-electron chi connectivity index (χ4n) is 7.02. The van der Waals surface area contributed by atoms with Crippen molar-refractivity contribution in [1.29, 1.82) is 0 Å². The van der Waals surface area contributed by atoms with Crippen LogP contribution < -0.4 is 5.32 Å². The summed E-state index contributed by atoms with van der Waals surface area (Å²) >= 11 is 1.03. The lowest BCUT2D eigenvalue weighted by molar-refractivity contribution is -0.168. The first-order valence-electron chi connectivity index (χ1n) is 15.0. The van der Waals surface area contributed by atoms with Gasteiger partial charge in [-0.3, -0.25) is 18.9 Å². The third-order valence-electron chi connectivity index (χ3n) is 9.56. The van der Waals surface area contributed by atoms with E-state index in [1.165, 1.54) is 12.1 Å². The zero-order valence-corrected chi connectivity index (χ0v) is 25.5. The van der Waals surface area contributed by atoms with Gasteiger partial charge < -0.3 is 29.7 Å². The summed E-state index contributed by atoms with van der Waals surface area (Å²) in [6, 6.07) is 3.01. The number of carbonyl (C=O) groups excluding carboxylic acids is 3. The molecule has 1 saturated carbocycles. The smallest absolute Gasteiger partial charge is 0.385 e. The third-order valence-corrected chi connectivity index (χ3v) is 11.7. The average Bonchev–Trinajstić information content (AvgIpc) is 3.37. The van der Waals surface area contributed by atoms with Gasteiger partial charge in [0.15, 0.2) is 5.60 Å². The number of likely N-dealkylation sites (tertiary alicyclic amines) is 1. The van der Waals surface area contributed by atoms with Gasteiger partial charge in [-0.25, -0.2) is 0 Å². The van der Waals surface area contributed by atoms with Gasteiger partial charge in [0.25, 0.3) is 5.91 Å². The Kier molecular flexibility index (Phi) is 7.15. The Labute approximate surface area is 255 Å². The van der Waals surface area contributed by atoms with Crippen molar-refractivity contribution >= 4 is 52.5 Å². The first-order valence-corrected chi connectivity index (χ1v) is 17.4. The number of thiophene rings is 1. The molecule has 2 aromatic rings. The standard InChI is InChI=1S/C29H33F2N4O7PS/c30-29(31,43(39,40)41)18-7-10-23-17(11-18)12-24(44-23)25(36)32-20-4-2-1-3-19-8-9-22(35(19)26(20)37)27(38)34-14-28(15-34)13-21(33-42-28)16-5-6-16/h7,10-12,16,19-20,22H,1-6,8-9,13-15H2,(H,32,36)(H2,39,40,41)/t19?,20-,22-/m0/s1. The van der Waals surface area contributed by atoms with Gasteiger partial charge in [0.05, 0.1) is 23.7 Å². The van der Waals surface area contributed by atoms with Crippen LogP contribution in [0.25, 0.3) is 10.1 Å². The normalized spacial score (nSPS) is 27.0. The number of nitrogens with zero attached hydrogens (tertiary/aromatic N) is 3. The zero-order chi connectivity index (χ0) is 31.0. The van der Waals surface area contributed by atoms with E-state index in [2.05, 4.69) is 10.5 Å². The fraction of sp³-hybridized carbons (Fsp3) is 0.586. The fourth-order valence-corrected chi connectivity index (χ4v) is 8.44. The van der Waals surface area contributed by atoms with Gasteiger partial charge in [-0.1, -0.05) is 24.1 Å². The summed E-state index contributed by atoms with van der Waals surface area (Å²) in [6.07, 6.45) is 7.07. The Morgan fingerprint density at radius 3 is 2.57 bits per heavy atom. The quantitative estimate of drug-likeness (QED) is 0.402. The van der Waals surface area contributed by atoms with Crippen LogP contribution in [0.5, 0.6) is 0 Å². The highest BCUT2D eigenvalue weighted by Gasteiger charge is 2.56. The Morgan fingerprint density at radius 2 is 1.84 bits per heavy atom. The number of nitrogens with one attached hydrogen (secondary N) is 1. The highest BCUT2D eigenvalue weighted by Crippen LogP contribution is 2.59. The number of halogens is 2. The lowest BCUT2D eigenvalue weighted by Crippen LogP contribution is -2.67. The second kappa shape index (κ2) is 10.6. The van der Waals surface area contributed by atoms with Crippen LogP contribution in [-0.2, 0) is 24.7 Å². The molecule has 7 rings (SSSR count). The Morgan fingerprint density at radius 1 is 1.09 bits per heavy atom. The van der Waals surface area contributed by atoms with Gasteiger partial charge >= 0.3 is 13.3 Å². The summed E-state index contributed by atoms with van der Waals surface area (Å²) < 4.78 is 40.3. The van der Waals surface area contributed by atoms with Crippen molar-refractivity contribution in [3.05, 3.63) is 34.7 Å². The van der Waals surface area contributed by atoms with Crippen LogP contribution in [0.4, 0.5) is 8.78 Å². The molecule has 1 spiro atoms.